The Bertz CT molecular complexity index is 1470. The molecule has 70 heavy (non-hydrogen) atoms. The van der Waals surface area contributed by atoms with E-state index in [0.29, 0.717) is 156 Å². The van der Waals surface area contributed by atoms with Gasteiger partial charge in [0.15, 0.2) is 12.4 Å². The number of primary amides is 1. The molecule has 0 saturated heterocycles. The summed E-state index contributed by atoms with van der Waals surface area (Å²) in [6, 6.07) is -0.695. The standard InChI is InChI=1S/C46H83IN8O15/c1-5-50-40(46(61)54-47)12-7-6-10-37(2)41(56)15-20-62-24-28-66-32-34-68-30-26-64-22-18-52-42(57)14-13-38(3)55-70-36-44(59)53-19-23-65-27-31-69-35-33-67-29-25-63-21-16-43(58)51-17-9-8-11-39(49-4)45(48)60/h5,39-40,49-50H,1-2,6-36H2,3-4H3,(H2,48,60)(H,51,58)(H,52,57)(H,53,59)(H,54,61)/b55-38-/t39-,40?/m0/s1. The minimum atomic E-state index is -0.379. The van der Waals surface area contributed by atoms with Crippen LogP contribution in [0.25, 0.3) is 0 Å². The number of Topliss-reactive ketones (excluding diaryl/α,β-unsaturated/α-hetero) is 1. The Kier molecular flexibility index (Phi) is 46.1. The zero-order valence-corrected chi connectivity index (χ0v) is 43.8. The van der Waals surface area contributed by atoms with Gasteiger partial charge in [-0.2, -0.15) is 0 Å². The molecule has 0 heterocycles. The molecule has 0 saturated carbocycles. The van der Waals surface area contributed by atoms with E-state index >= 15 is 0 Å². The van der Waals surface area contributed by atoms with Crippen molar-refractivity contribution in [3.8, 4) is 0 Å². The molecule has 0 aromatic carbocycles. The van der Waals surface area contributed by atoms with Crippen molar-refractivity contribution in [3.63, 3.8) is 0 Å². The number of hydrogen-bond donors (Lipinski definition) is 7. The van der Waals surface area contributed by atoms with Gasteiger partial charge in [-0.3, -0.25) is 32.3 Å². The molecule has 0 aromatic rings. The Morgan fingerprint density at radius 1 is 0.571 bits per heavy atom. The topological polar surface area (TPSA) is 296 Å². The minimum absolute atomic E-state index is 0.0282. The van der Waals surface area contributed by atoms with Gasteiger partial charge in [0.25, 0.3) is 11.8 Å². The fourth-order valence-corrected chi connectivity index (χ4v) is 6.15. The Morgan fingerprint density at radius 2 is 1.03 bits per heavy atom. The van der Waals surface area contributed by atoms with E-state index in [9.17, 15) is 28.8 Å². The lowest BCUT2D eigenvalue weighted by Gasteiger charge is -2.14. The van der Waals surface area contributed by atoms with Gasteiger partial charge in [0.05, 0.1) is 140 Å². The fourth-order valence-electron chi connectivity index (χ4n) is 5.78. The van der Waals surface area contributed by atoms with Gasteiger partial charge in [-0.25, -0.2) is 0 Å². The van der Waals surface area contributed by atoms with Gasteiger partial charge >= 0.3 is 0 Å². The van der Waals surface area contributed by atoms with Gasteiger partial charge in [-0.05, 0) is 70.7 Å². The van der Waals surface area contributed by atoms with Crippen molar-refractivity contribution in [2.75, 3.05) is 139 Å². The summed E-state index contributed by atoms with van der Waals surface area (Å²) in [6.07, 6.45) is 7.49. The number of ether oxygens (including phenoxy) is 8. The summed E-state index contributed by atoms with van der Waals surface area (Å²) < 4.78 is 46.3. The number of ketones is 1. The van der Waals surface area contributed by atoms with Crippen LogP contribution >= 0.6 is 22.9 Å². The number of carbonyl (C=O) groups excluding carboxylic acids is 6. The van der Waals surface area contributed by atoms with Crippen LogP contribution in [0.15, 0.2) is 30.1 Å². The summed E-state index contributed by atoms with van der Waals surface area (Å²) in [6.45, 7) is 15.8. The summed E-state index contributed by atoms with van der Waals surface area (Å²) >= 11 is 1.81. The van der Waals surface area contributed by atoms with Crippen LogP contribution in [0.1, 0.15) is 77.6 Å². The molecule has 0 radical (unpaired) electrons. The first-order valence-electron chi connectivity index (χ1n) is 24.0. The van der Waals surface area contributed by atoms with Crippen LogP contribution in [-0.2, 0) is 71.5 Å². The molecule has 0 fully saturated rings. The molecule has 404 valence electrons. The highest BCUT2D eigenvalue weighted by Gasteiger charge is 2.16. The van der Waals surface area contributed by atoms with Crippen molar-refractivity contribution >= 4 is 63.9 Å². The highest BCUT2D eigenvalue weighted by Crippen LogP contribution is 2.12. The molecule has 0 rings (SSSR count). The number of hydrogen-bond acceptors (Lipinski definition) is 18. The van der Waals surface area contributed by atoms with Crippen molar-refractivity contribution in [1.82, 2.24) is 30.1 Å². The lowest BCUT2D eigenvalue weighted by Crippen LogP contribution is -2.39. The molecule has 23 nitrogen and oxygen atoms in total. The van der Waals surface area contributed by atoms with E-state index in [2.05, 4.69) is 48.4 Å². The maximum Gasteiger partial charge on any atom is 0.260 e. The number of nitrogens with one attached hydrogen (secondary N) is 6. The van der Waals surface area contributed by atoms with Crippen molar-refractivity contribution in [2.24, 2.45) is 10.9 Å². The summed E-state index contributed by atoms with van der Waals surface area (Å²) in [4.78, 5) is 76.4. The molecule has 2 atom stereocenters. The number of likely N-dealkylation sites (N-methyl/N-ethyl adjacent to an activating group) is 1. The van der Waals surface area contributed by atoms with Crippen LogP contribution in [0.5, 0.6) is 0 Å². The average Bonchev–Trinajstić information content (AvgIpc) is 3.34. The van der Waals surface area contributed by atoms with E-state index in [1.165, 1.54) is 6.20 Å². The van der Waals surface area contributed by atoms with Crippen molar-refractivity contribution in [2.45, 2.75) is 89.6 Å². The van der Waals surface area contributed by atoms with Gasteiger partial charge in [-0.15, -0.1) is 0 Å². The molecular weight excluding hydrogens is 1030 g/mol. The van der Waals surface area contributed by atoms with Gasteiger partial charge in [-0.1, -0.05) is 24.7 Å². The molecule has 0 aliphatic heterocycles. The number of oxime groups is 1. The Hall–Kier alpha value is -3.86. The van der Waals surface area contributed by atoms with E-state index < -0.39 is 0 Å². The van der Waals surface area contributed by atoms with E-state index in [1.54, 1.807) is 36.8 Å². The van der Waals surface area contributed by atoms with Gasteiger partial charge in [0, 0.05) is 38.9 Å². The van der Waals surface area contributed by atoms with Crippen LogP contribution in [-0.4, -0.2) is 192 Å². The second-order valence-corrected chi connectivity index (χ2v) is 16.0. The van der Waals surface area contributed by atoms with Crippen molar-refractivity contribution < 1.29 is 71.5 Å². The summed E-state index contributed by atoms with van der Waals surface area (Å²) in [5.74, 6) is -1.12. The van der Waals surface area contributed by atoms with Crippen LogP contribution in [0, 0.1) is 0 Å². The second kappa shape index (κ2) is 48.8. The number of nitrogens with two attached hydrogens (primary N) is 1. The molecule has 0 aliphatic carbocycles. The van der Waals surface area contributed by atoms with Crippen LogP contribution in [0.3, 0.4) is 0 Å². The fraction of sp³-hybridized carbons (Fsp3) is 0.761. The monoisotopic (exact) mass is 1110 g/mol. The second-order valence-electron chi connectivity index (χ2n) is 15.4. The molecular formula is C46H83IN8O15. The van der Waals surface area contributed by atoms with E-state index in [4.69, 9.17) is 48.5 Å². The van der Waals surface area contributed by atoms with Crippen LogP contribution < -0.4 is 35.8 Å². The quantitative estimate of drug-likeness (QED) is 0.0111. The van der Waals surface area contributed by atoms with Gasteiger partial charge in [0.2, 0.25) is 17.7 Å². The smallest absolute Gasteiger partial charge is 0.260 e. The molecule has 0 aromatic heterocycles. The summed E-state index contributed by atoms with van der Waals surface area (Å²) in [5.41, 5.74) is 6.42. The molecule has 0 spiro atoms. The largest absolute Gasteiger partial charge is 0.386 e. The van der Waals surface area contributed by atoms with Crippen molar-refractivity contribution in [3.05, 3.63) is 24.9 Å². The van der Waals surface area contributed by atoms with Crippen LogP contribution in [0.4, 0.5) is 0 Å². The first kappa shape index (κ1) is 66.1. The highest BCUT2D eigenvalue weighted by molar-refractivity contribution is 14.1. The number of nitrogens with zero attached hydrogens (tertiary/aromatic N) is 1. The molecule has 8 N–H and O–H groups in total. The van der Waals surface area contributed by atoms with E-state index in [0.717, 1.165) is 25.7 Å². The maximum atomic E-state index is 12.3. The third-order valence-corrected chi connectivity index (χ3v) is 10.3. The average molecular weight is 1120 g/mol. The van der Waals surface area contributed by atoms with Crippen LogP contribution in [0.2, 0.25) is 0 Å². The van der Waals surface area contributed by atoms with E-state index in [1.807, 2.05) is 0 Å². The highest BCUT2D eigenvalue weighted by atomic mass is 127. The SMILES string of the molecule is C=CNC(CCCCC(=C)C(=O)CCOCCOCCOCCOCCNC(=O)CC/C(C)=N\OCC(=O)NCCOCCOCCOCCOCCC(=O)NCCCC[C@H](NC)C(N)=O)C(=O)NI. The predicted molar refractivity (Wildman–Crippen MR) is 271 cm³/mol. The Balaban J connectivity index is 3.54. The predicted octanol–water partition coefficient (Wildman–Crippen LogP) is 0.918. The Morgan fingerprint density at radius 3 is 1.54 bits per heavy atom. The summed E-state index contributed by atoms with van der Waals surface area (Å²) in [7, 11) is 1.69. The normalized spacial score (nSPS) is 12.1. The Labute approximate surface area is 428 Å². The zero-order chi connectivity index (χ0) is 51.7. The summed E-state index contributed by atoms with van der Waals surface area (Å²) in [5, 5.41) is 18.0. The molecule has 0 bridgehead atoms. The van der Waals surface area contributed by atoms with Gasteiger partial charge < -0.3 is 75.1 Å². The third-order valence-electron chi connectivity index (χ3n) is 9.72. The maximum absolute atomic E-state index is 12.3. The lowest BCUT2D eigenvalue weighted by molar-refractivity contribution is -0.126. The molecule has 5 amide bonds. The lowest BCUT2D eigenvalue weighted by atomic mass is 10.0. The number of carbonyl (C=O) groups is 6. The first-order chi connectivity index (χ1) is 33.9. The number of halogens is 1. The zero-order valence-electron chi connectivity index (χ0n) is 41.6. The van der Waals surface area contributed by atoms with Gasteiger partial charge in [0.1, 0.15) is 6.04 Å². The number of rotatable bonds is 52. The number of allylic oxidation sites excluding steroid dienone is 1. The first-order valence-corrected chi connectivity index (χ1v) is 25.0. The van der Waals surface area contributed by atoms with E-state index in [-0.39, 0.29) is 79.9 Å². The number of amides is 5. The number of unbranched alkanes of at least 4 members (excludes halogenated alkanes) is 2. The molecule has 24 heteroatoms. The third kappa shape index (κ3) is 43.0. The minimum Gasteiger partial charge on any atom is -0.386 e. The molecule has 0 aliphatic rings. The molecule has 1 unspecified atom stereocenters. The van der Waals surface area contributed by atoms with Crippen molar-refractivity contribution in [1.29, 1.82) is 0 Å².